The van der Waals surface area contributed by atoms with Crippen LogP contribution < -0.4 is 10.9 Å². The summed E-state index contributed by atoms with van der Waals surface area (Å²) >= 11 is 0. The first-order valence-corrected chi connectivity index (χ1v) is 5.92. The minimum Gasteiger partial charge on any atom is -0.480 e. The van der Waals surface area contributed by atoms with E-state index < -0.39 is 12.0 Å². The van der Waals surface area contributed by atoms with Crippen molar-refractivity contribution in [3.8, 4) is 0 Å². The molecule has 5 nitrogen and oxygen atoms in total. The van der Waals surface area contributed by atoms with Gasteiger partial charge < -0.3 is 5.11 Å². The van der Waals surface area contributed by atoms with Gasteiger partial charge in [0.1, 0.15) is 6.04 Å². The van der Waals surface area contributed by atoms with E-state index in [9.17, 15) is 9.59 Å². The van der Waals surface area contributed by atoms with Crippen LogP contribution in [0.3, 0.4) is 0 Å². The smallest absolute Gasteiger partial charge is 0.323 e. The number of nitrogens with one attached hydrogen (secondary N) is 2. The van der Waals surface area contributed by atoms with E-state index in [0.29, 0.717) is 5.56 Å². The molecule has 0 aliphatic heterocycles. The minimum absolute atomic E-state index is 0.298. The predicted octanol–water partition coefficient (Wildman–Crippen LogP) is 1.59. The van der Waals surface area contributed by atoms with Crippen LogP contribution in [-0.2, 0) is 4.79 Å². The molecule has 2 unspecified atom stereocenters. The molecule has 0 saturated carbocycles. The molecule has 0 aromatic heterocycles. The summed E-state index contributed by atoms with van der Waals surface area (Å²) in [6.45, 7) is 7.22. The lowest BCUT2D eigenvalue weighted by molar-refractivity contribution is -0.140. The molecule has 5 heteroatoms. The van der Waals surface area contributed by atoms with Crippen LogP contribution >= 0.6 is 0 Å². The fraction of sp³-hybridized carbons (Fsp3) is 0.286. The van der Waals surface area contributed by atoms with E-state index in [1.807, 2.05) is 0 Å². The summed E-state index contributed by atoms with van der Waals surface area (Å²) in [4.78, 5) is 22.9. The first kappa shape index (κ1) is 14.9. The summed E-state index contributed by atoms with van der Waals surface area (Å²) in [5.74, 6) is -1.71. The maximum atomic E-state index is 11.8. The van der Waals surface area contributed by atoms with E-state index in [0.717, 1.165) is 5.57 Å². The van der Waals surface area contributed by atoms with Crippen LogP contribution in [0.1, 0.15) is 24.2 Å². The highest BCUT2D eigenvalue weighted by Gasteiger charge is 2.25. The van der Waals surface area contributed by atoms with E-state index in [2.05, 4.69) is 17.4 Å². The zero-order valence-corrected chi connectivity index (χ0v) is 11.0. The molecule has 102 valence electrons. The van der Waals surface area contributed by atoms with Crippen molar-refractivity contribution in [3.63, 3.8) is 0 Å². The summed E-state index contributed by atoms with van der Waals surface area (Å²) < 4.78 is 0. The molecule has 0 spiro atoms. The number of carboxylic acid groups (broad SMARTS) is 1. The van der Waals surface area contributed by atoms with Crippen LogP contribution in [-0.4, -0.2) is 23.0 Å². The molecule has 1 aromatic rings. The Morgan fingerprint density at radius 2 is 1.84 bits per heavy atom. The number of hydrogen-bond donors (Lipinski definition) is 3. The van der Waals surface area contributed by atoms with Gasteiger partial charge in [0.15, 0.2) is 0 Å². The first-order valence-electron chi connectivity index (χ1n) is 5.92. The van der Waals surface area contributed by atoms with Crippen LogP contribution in [0.15, 0.2) is 42.5 Å². The Balaban J connectivity index is 2.65. The number of carbonyl (C=O) groups is 2. The third-order valence-electron chi connectivity index (χ3n) is 2.92. The zero-order chi connectivity index (χ0) is 14.4. The number of amides is 1. The third kappa shape index (κ3) is 4.22. The molecular formula is C14H18N2O3. The fourth-order valence-electron chi connectivity index (χ4n) is 1.49. The molecule has 1 rings (SSSR count). The summed E-state index contributed by atoms with van der Waals surface area (Å²) in [7, 11) is 0. The van der Waals surface area contributed by atoms with E-state index in [1.165, 1.54) is 0 Å². The third-order valence-corrected chi connectivity index (χ3v) is 2.92. The maximum Gasteiger partial charge on any atom is 0.323 e. The lowest BCUT2D eigenvalue weighted by Crippen LogP contribution is -2.51. The van der Waals surface area contributed by atoms with Crippen molar-refractivity contribution >= 4 is 11.9 Å². The van der Waals surface area contributed by atoms with Crippen LogP contribution in [0.5, 0.6) is 0 Å². The van der Waals surface area contributed by atoms with Crippen molar-refractivity contribution < 1.29 is 14.7 Å². The van der Waals surface area contributed by atoms with Crippen molar-refractivity contribution in [1.29, 1.82) is 0 Å². The molecule has 1 aromatic carbocycles. The van der Waals surface area contributed by atoms with E-state index in [-0.39, 0.29) is 11.8 Å². The van der Waals surface area contributed by atoms with Gasteiger partial charge in [0.05, 0.1) is 0 Å². The van der Waals surface area contributed by atoms with E-state index >= 15 is 0 Å². The molecule has 2 atom stereocenters. The molecule has 19 heavy (non-hydrogen) atoms. The lowest BCUT2D eigenvalue weighted by Gasteiger charge is -2.21. The average molecular weight is 262 g/mol. The van der Waals surface area contributed by atoms with Crippen LogP contribution in [0.25, 0.3) is 0 Å². The van der Waals surface area contributed by atoms with Crippen molar-refractivity contribution in [2.24, 2.45) is 5.92 Å². The van der Waals surface area contributed by atoms with Gasteiger partial charge in [-0.15, -0.1) is 0 Å². The van der Waals surface area contributed by atoms with Crippen molar-refractivity contribution in [1.82, 2.24) is 10.9 Å². The number of hydrazine groups is 1. The van der Waals surface area contributed by atoms with Crippen LogP contribution in [0.4, 0.5) is 0 Å². The summed E-state index contributed by atoms with van der Waals surface area (Å²) in [6.07, 6.45) is 0. The van der Waals surface area contributed by atoms with Gasteiger partial charge >= 0.3 is 5.97 Å². The molecule has 1 amide bonds. The number of aliphatic carboxylic acids is 1. The molecule has 0 radical (unpaired) electrons. The van der Waals surface area contributed by atoms with Gasteiger partial charge in [-0.1, -0.05) is 37.3 Å². The van der Waals surface area contributed by atoms with Gasteiger partial charge in [0.2, 0.25) is 0 Å². The monoisotopic (exact) mass is 262 g/mol. The summed E-state index contributed by atoms with van der Waals surface area (Å²) in [6, 6.07) is 7.66. The summed E-state index contributed by atoms with van der Waals surface area (Å²) in [5, 5.41) is 9.12. The Morgan fingerprint density at radius 3 is 2.32 bits per heavy atom. The minimum atomic E-state index is -1.04. The molecule has 0 bridgehead atoms. The topological polar surface area (TPSA) is 78.4 Å². The number of hydrogen-bond acceptors (Lipinski definition) is 3. The fourth-order valence-corrected chi connectivity index (χ4v) is 1.49. The van der Waals surface area contributed by atoms with Crippen LogP contribution in [0.2, 0.25) is 0 Å². The zero-order valence-electron chi connectivity index (χ0n) is 11.0. The Hall–Kier alpha value is -2.14. The van der Waals surface area contributed by atoms with Gasteiger partial charge in [-0.3, -0.25) is 15.0 Å². The van der Waals surface area contributed by atoms with Crippen molar-refractivity contribution in [3.05, 3.63) is 48.0 Å². The molecule has 0 aliphatic rings. The first-order chi connectivity index (χ1) is 8.93. The summed E-state index contributed by atoms with van der Waals surface area (Å²) in [5.41, 5.74) is 6.13. The second-order valence-electron chi connectivity index (χ2n) is 4.42. The van der Waals surface area contributed by atoms with Crippen molar-refractivity contribution in [2.75, 3.05) is 0 Å². The highest BCUT2D eigenvalue weighted by atomic mass is 16.4. The Bertz CT molecular complexity index is 471. The Kier molecular flexibility index (Phi) is 5.26. The van der Waals surface area contributed by atoms with Gasteiger partial charge in [0.25, 0.3) is 5.91 Å². The second kappa shape index (κ2) is 6.70. The van der Waals surface area contributed by atoms with Gasteiger partial charge in [-0.25, -0.2) is 5.43 Å². The number of rotatable bonds is 6. The lowest BCUT2D eigenvalue weighted by atomic mass is 9.96. The quantitative estimate of drug-likeness (QED) is 0.537. The predicted molar refractivity (Wildman–Crippen MR) is 72.4 cm³/mol. The van der Waals surface area contributed by atoms with Crippen molar-refractivity contribution in [2.45, 2.75) is 19.9 Å². The van der Waals surface area contributed by atoms with Gasteiger partial charge in [-0.05, 0) is 19.1 Å². The molecule has 0 heterocycles. The molecular weight excluding hydrogens is 244 g/mol. The molecule has 3 N–H and O–H groups in total. The number of carboxylic acids is 1. The molecule has 0 fully saturated rings. The SMILES string of the molecule is C=C(C)C(C)C(NNC(=O)c1ccccc1)C(=O)O. The number of benzene rings is 1. The molecule has 0 saturated heterocycles. The van der Waals surface area contributed by atoms with Gasteiger partial charge in [-0.2, -0.15) is 0 Å². The second-order valence-corrected chi connectivity index (χ2v) is 4.42. The Labute approximate surface area is 112 Å². The molecule has 0 aliphatic carbocycles. The normalized spacial score (nSPS) is 13.4. The highest BCUT2D eigenvalue weighted by molar-refractivity contribution is 5.94. The standard InChI is InChI=1S/C14H18N2O3/c1-9(2)10(3)12(14(18)19)15-16-13(17)11-7-5-4-6-8-11/h4-8,10,12,15H,1H2,2-3H3,(H,16,17)(H,18,19). The Morgan fingerprint density at radius 1 is 1.26 bits per heavy atom. The van der Waals surface area contributed by atoms with Crippen LogP contribution in [0, 0.1) is 5.92 Å². The average Bonchev–Trinajstić information content (AvgIpc) is 2.39. The largest absolute Gasteiger partial charge is 0.480 e. The highest BCUT2D eigenvalue weighted by Crippen LogP contribution is 2.12. The number of carbonyl (C=O) groups excluding carboxylic acids is 1. The van der Waals surface area contributed by atoms with E-state index in [4.69, 9.17) is 5.11 Å². The maximum absolute atomic E-state index is 11.8. The van der Waals surface area contributed by atoms with E-state index in [1.54, 1.807) is 44.2 Å². The van der Waals surface area contributed by atoms with Gasteiger partial charge in [0, 0.05) is 11.5 Å².